The monoisotopic (exact) mass is 226 g/mol. The number of hydrogen-bond acceptors (Lipinski definition) is 4. The lowest BCUT2D eigenvalue weighted by atomic mass is 10.2. The quantitative estimate of drug-likeness (QED) is 0.778. The van der Waals surface area contributed by atoms with Gasteiger partial charge >= 0.3 is 0 Å². The number of aromatic nitrogens is 2. The van der Waals surface area contributed by atoms with Gasteiger partial charge in [-0.3, -0.25) is 4.68 Å². The van der Waals surface area contributed by atoms with Crippen LogP contribution in [0.3, 0.4) is 0 Å². The van der Waals surface area contributed by atoms with E-state index in [2.05, 4.69) is 12.0 Å². The van der Waals surface area contributed by atoms with Gasteiger partial charge in [0.1, 0.15) is 5.82 Å². The second-order valence-corrected chi connectivity index (χ2v) is 4.29. The Hall–Kier alpha value is -1.23. The summed E-state index contributed by atoms with van der Waals surface area (Å²) >= 11 is 0. The lowest BCUT2D eigenvalue weighted by Crippen LogP contribution is -2.29. The molecule has 0 saturated carbocycles. The van der Waals surface area contributed by atoms with E-state index < -0.39 is 0 Å². The molecule has 1 rings (SSSR count). The van der Waals surface area contributed by atoms with Gasteiger partial charge in [0, 0.05) is 20.6 Å². The van der Waals surface area contributed by atoms with Crippen molar-refractivity contribution in [2.45, 2.75) is 32.8 Å². The lowest BCUT2D eigenvalue weighted by molar-refractivity contribution is 0.201. The number of nitrogens with two attached hydrogens (primary N) is 1. The molecule has 1 aromatic heterocycles. The van der Waals surface area contributed by atoms with Gasteiger partial charge in [-0.1, -0.05) is 13.3 Å². The summed E-state index contributed by atoms with van der Waals surface area (Å²) in [6.45, 7) is 4.42. The van der Waals surface area contributed by atoms with E-state index in [0.29, 0.717) is 6.54 Å². The molecule has 0 spiro atoms. The van der Waals surface area contributed by atoms with Gasteiger partial charge in [0.25, 0.3) is 0 Å². The standard InChI is InChI=1S/C11H22N4O/c1-5-6-9-10(12)11(15(4)13-9)14(3)7-8(2)16/h8,16H,5-7,12H2,1-4H3. The molecule has 0 aliphatic rings. The van der Waals surface area contributed by atoms with Crippen molar-refractivity contribution in [3.05, 3.63) is 5.69 Å². The summed E-state index contributed by atoms with van der Waals surface area (Å²) in [7, 11) is 3.79. The van der Waals surface area contributed by atoms with E-state index in [-0.39, 0.29) is 6.10 Å². The highest BCUT2D eigenvalue weighted by Gasteiger charge is 2.16. The highest BCUT2D eigenvalue weighted by molar-refractivity contribution is 5.66. The summed E-state index contributed by atoms with van der Waals surface area (Å²) in [5, 5.41) is 13.8. The normalized spacial score (nSPS) is 12.8. The smallest absolute Gasteiger partial charge is 0.150 e. The maximum Gasteiger partial charge on any atom is 0.150 e. The first kappa shape index (κ1) is 12.8. The van der Waals surface area contributed by atoms with Crippen molar-refractivity contribution in [2.75, 3.05) is 24.2 Å². The predicted octanol–water partition coefficient (Wildman–Crippen LogP) is 0.772. The Morgan fingerprint density at radius 3 is 2.69 bits per heavy atom. The van der Waals surface area contributed by atoms with Gasteiger partial charge in [0.05, 0.1) is 17.5 Å². The summed E-state index contributed by atoms with van der Waals surface area (Å²) in [5.41, 5.74) is 7.73. The van der Waals surface area contributed by atoms with Crippen LogP contribution in [0.25, 0.3) is 0 Å². The zero-order valence-electron chi connectivity index (χ0n) is 10.6. The fourth-order valence-electron chi connectivity index (χ4n) is 1.94. The number of aliphatic hydroxyl groups is 1. The molecular formula is C11H22N4O. The molecule has 1 unspecified atom stereocenters. The number of rotatable bonds is 5. The summed E-state index contributed by atoms with van der Waals surface area (Å²) in [5.74, 6) is 0.879. The van der Waals surface area contributed by atoms with Crippen LogP contribution in [0, 0.1) is 0 Å². The van der Waals surface area contributed by atoms with E-state index in [1.54, 1.807) is 11.6 Å². The minimum absolute atomic E-state index is 0.381. The second-order valence-electron chi connectivity index (χ2n) is 4.29. The molecule has 0 aliphatic carbocycles. The van der Waals surface area contributed by atoms with Gasteiger partial charge in [-0.05, 0) is 13.3 Å². The molecule has 1 heterocycles. The van der Waals surface area contributed by atoms with Gasteiger partial charge in [0.2, 0.25) is 0 Å². The van der Waals surface area contributed by atoms with Crippen molar-refractivity contribution in [2.24, 2.45) is 7.05 Å². The van der Waals surface area contributed by atoms with Crippen LogP contribution >= 0.6 is 0 Å². The van der Waals surface area contributed by atoms with Gasteiger partial charge < -0.3 is 15.7 Å². The Morgan fingerprint density at radius 1 is 1.56 bits per heavy atom. The summed E-state index contributed by atoms with van der Waals surface area (Å²) in [6.07, 6.45) is 1.54. The van der Waals surface area contributed by atoms with Crippen molar-refractivity contribution in [3.8, 4) is 0 Å². The molecule has 1 aromatic rings. The molecule has 3 N–H and O–H groups in total. The maximum absolute atomic E-state index is 9.36. The molecule has 0 aromatic carbocycles. The van der Waals surface area contributed by atoms with Crippen LogP contribution in [-0.2, 0) is 13.5 Å². The molecule has 1 atom stereocenters. The van der Waals surface area contributed by atoms with Crippen molar-refractivity contribution < 1.29 is 5.11 Å². The van der Waals surface area contributed by atoms with Crippen LogP contribution in [-0.4, -0.2) is 34.6 Å². The molecule has 0 fully saturated rings. The van der Waals surface area contributed by atoms with Crippen LogP contribution in [0.5, 0.6) is 0 Å². The average molecular weight is 226 g/mol. The molecule has 5 nitrogen and oxygen atoms in total. The minimum atomic E-state index is -0.381. The number of likely N-dealkylation sites (N-methyl/N-ethyl adjacent to an activating group) is 1. The van der Waals surface area contributed by atoms with Gasteiger partial charge in [0.15, 0.2) is 0 Å². The molecule has 0 radical (unpaired) electrons. The van der Waals surface area contributed by atoms with Gasteiger partial charge in [-0.15, -0.1) is 0 Å². The topological polar surface area (TPSA) is 67.3 Å². The average Bonchev–Trinajstić information content (AvgIpc) is 2.41. The Morgan fingerprint density at radius 2 is 2.19 bits per heavy atom. The highest BCUT2D eigenvalue weighted by atomic mass is 16.3. The molecule has 0 aliphatic heterocycles. The van der Waals surface area contributed by atoms with Crippen LogP contribution < -0.4 is 10.6 Å². The molecule has 0 amide bonds. The van der Waals surface area contributed by atoms with Crippen molar-refractivity contribution in [1.82, 2.24) is 9.78 Å². The molecule has 5 heteroatoms. The van der Waals surface area contributed by atoms with Crippen molar-refractivity contribution in [3.63, 3.8) is 0 Å². The maximum atomic E-state index is 9.36. The van der Waals surface area contributed by atoms with Crippen LogP contribution in [0.4, 0.5) is 11.5 Å². The lowest BCUT2D eigenvalue weighted by Gasteiger charge is -2.21. The van der Waals surface area contributed by atoms with Gasteiger partial charge in [-0.2, -0.15) is 5.10 Å². The summed E-state index contributed by atoms with van der Waals surface area (Å²) in [6, 6.07) is 0. The molecule has 16 heavy (non-hydrogen) atoms. The zero-order valence-corrected chi connectivity index (χ0v) is 10.6. The first-order valence-electron chi connectivity index (χ1n) is 5.67. The summed E-state index contributed by atoms with van der Waals surface area (Å²) < 4.78 is 1.78. The molecule has 92 valence electrons. The Balaban J connectivity index is 2.94. The number of aryl methyl sites for hydroxylation is 2. The van der Waals surface area contributed by atoms with E-state index in [9.17, 15) is 5.11 Å². The largest absolute Gasteiger partial charge is 0.394 e. The number of hydrogen-bond donors (Lipinski definition) is 2. The Kier molecular flexibility index (Phi) is 4.18. The van der Waals surface area contributed by atoms with E-state index in [0.717, 1.165) is 30.0 Å². The number of aliphatic hydroxyl groups excluding tert-OH is 1. The number of nitrogens with zero attached hydrogens (tertiary/aromatic N) is 3. The zero-order chi connectivity index (χ0) is 12.3. The first-order chi connectivity index (χ1) is 7.47. The van der Waals surface area contributed by atoms with E-state index in [1.807, 2.05) is 19.0 Å². The molecule has 0 saturated heterocycles. The summed E-state index contributed by atoms with van der Waals surface area (Å²) in [4.78, 5) is 1.94. The third kappa shape index (κ3) is 2.66. The number of anilines is 2. The third-order valence-electron chi connectivity index (χ3n) is 2.52. The molecule has 0 bridgehead atoms. The SMILES string of the molecule is CCCc1nn(C)c(N(C)CC(C)O)c1N. The van der Waals surface area contributed by atoms with Crippen molar-refractivity contribution in [1.29, 1.82) is 0 Å². The predicted molar refractivity (Wildman–Crippen MR) is 66.6 cm³/mol. The van der Waals surface area contributed by atoms with E-state index in [4.69, 9.17) is 5.73 Å². The van der Waals surface area contributed by atoms with E-state index >= 15 is 0 Å². The Bertz CT molecular complexity index is 346. The second kappa shape index (κ2) is 5.21. The molecular weight excluding hydrogens is 204 g/mol. The van der Waals surface area contributed by atoms with E-state index in [1.165, 1.54) is 0 Å². The van der Waals surface area contributed by atoms with Crippen molar-refractivity contribution >= 4 is 11.5 Å². The minimum Gasteiger partial charge on any atom is -0.394 e. The first-order valence-corrected chi connectivity index (χ1v) is 5.67. The number of nitrogen functional groups attached to an aromatic ring is 1. The fourth-order valence-corrected chi connectivity index (χ4v) is 1.94. The van der Waals surface area contributed by atoms with Crippen LogP contribution in [0.1, 0.15) is 26.0 Å². The van der Waals surface area contributed by atoms with Gasteiger partial charge in [-0.25, -0.2) is 0 Å². The fraction of sp³-hybridized carbons (Fsp3) is 0.727. The highest BCUT2D eigenvalue weighted by Crippen LogP contribution is 2.26. The van der Waals surface area contributed by atoms with Crippen LogP contribution in [0.15, 0.2) is 0 Å². The van der Waals surface area contributed by atoms with Crippen LogP contribution in [0.2, 0.25) is 0 Å². The third-order valence-corrected chi connectivity index (χ3v) is 2.52. The Labute approximate surface area is 96.9 Å².